The molecule has 0 aliphatic heterocycles. The fourth-order valence-corrected chi connectivity index (χ4v) is 6.21. The Morgan fingerprint density at radius 3 is 1.97 bits per heavy atom. The third kappa shape index (κ3) is 4.26. The summed E-state index contributed by atoms with van der Waals surface area (Å²) in [5.74, 6) is 1.34. The number of rotatable bonds is 5. The summed E-state index contributed by atoms with van der Waals surface area (Å²) in [6.07, 6.45) is 12.9. The van der Waals surface area contributed by atoms with Gasteiger partial charge in [0.1, 0.15) is 0 Å². The summed E-state index contributed by atoms with van der Waals surface area (Å²) in [7, 11) is 0. The van der Waals surface area contributed by atoms with E-state index in [9.17, 15) is 0 Å². The summed E-state index contributed by atoms with van der Waals surface area (Å²) in [5.41, 5.74) is 9.00. The number of hydrogen-bond donors (Lipinski definition) is 0. The van der Waals surface area contributed by atoms with Crippen LogP contribution in [0.3, 0.4) is 0 Å². The van der Waals surface area contributed by atoms with E-state index in [-0.39, 0.29) is 51.0 Å². The first kappa shape index (κ1) is 26.9. The van der Waals surface area contributed by atoms with Gasteiger partial charge in [0.25, 0.3) is 0 Å². The SMILES string of the molecule is CCCCC(C1=c2ccccc2=C2C=CC=CC21)C1c2ccccc2-c2ccccc21.[Cl-].[Cl-].[Zr+2]. The third-order valence-corrected chi connectivity index (χ3v) is 7.46. The van der Waals surface area contributed by atoms with Crippen molar-refractivity contribution in [1.29, 1.82) is 0 Å². The van der Waals surface area contributed by atoms with E-state index in [1.165, 1.54) is 57.5 Å². The number of hydrogen-bond acceptors (Lipinski definition) is 0. The van der Waals surface area contributed by atoms with E-state index in [1.54, 1.807) is 5.57 Å². The normalized spacial score (nSPS) is 17.5. The standard InChI is InChI=1S/C31H28.2ClH.Zr/c1-2-3-12-29(30-25-17-8-4-13-21(25)22-14-5-9-18-26(22)30)31-27-19-10-6-15-23(27)24-16-7-11-20-28(24)31;;;/h4-11,13-20,25,29,31H,2-3,12H2,1H3;2*1H;/q;;;+2/p-2. The van der Waals surface area contributed by atoms with Crippen molar-refractivity contribution in [3.05, 3.63) is 119 Å². The van der Waals surface area contributed by atoms with Gasteiger partial charge in [0.05, 0.1) is 0 Å². The van der Waals surface area contributed by atoms with Gasteiger partial charge in [-0.3, -0.25) is 0 Å². The van der Waals surface area contributed by atoms with Crippen LogP contribution in [0.1, 0.15) is 43.2 Å². The van der Waals surface area contributed by atoms with Gasteiger partial charge in [-0.25, -0.2) is 0 Å². The molecular weight excluding hydrogens is 534 g/mol. The Morgan fingerprint density at radius 2 is 1.32 bits per heavy atom. The molecule has 3 heteroatoms. The molecule has 0 N–H and O–H groups in total. The van der Waals surface area contributed by atoms with Gasteiger partial charge in [-0.1, -0.05) is 117 Å². The summed E-state index contributed by atoms with van der Waals surface area (Å²) in [5, 5.41) is 2.91. The predicted molar refractivity (Wildman–Crippen MR) is 131 cm³/mol. The Morgan fingerprint density at radius 1 is 0.735 bits per heavy atom. The molecule has 3 aromatic rings. The van der Waals surface area contributed by atoms with Gasteiger partial charge in [0.2, 0.25) is 0 Å². The summed E-state index contributed by atoms with van der Waals surface area (Å²) in [4.78, 5) is 0. The second-order valence-electron chi connectivity index (χ2n) is 9.08. The van der Waals surface area contributed by atoms with E-state index in [2.05, 4.69) is 104 Å². The van der Waals surface area contributed by atoms with Crippen molar-refractivity contribution < 1.29 is 51.0 Å². The van der Waals surface area contributed by atoms with Crippen LogP contribution in [0.4, 0.5) is 0 Å². The van der Waals surface area contributed by atoms with Crippen LogP contribution in [0, 0.1) is 11.8 Å². The monoisotopic (exact) mass is 560 g/mol. The van der Waals surface area contributed by atoms with Gasteiger partial charge < -0.3 is 24.8 Å². The van der Waals surface area contributed by atoms with Gasteiger partial charge in [-0.2, -0.15) is 0 Å². The van der Waals surface area contributed by atoms with Crippen molar-refractivity contribution in [2.24, 2.45) is 11.8 Å². The molecule has 2 atom stereocenters. The zero-order chi connectivity index (χ0) is 20.8. The van der Waals surface area contributed by atoms with Crippen LogP contribution in [0.25, 0.3) is 22.3 Å². The fourth-order valence-electron chi connectivity index (χ4n) is 6.21. The van der Waals surface area contributed by atoms with Crippen molar-refractivity contribution in [1.82, 2.24) is 0 Å². The first-order valence-corrected chi connectivity index (χ1v) is 11.7. The molecule has 3 aromatic carbocycles. The number of allylic oxidation sites excluding steroid dienone is 4. The Bertz CT molecular complexity index is 1310. The molecule has 0 heterocycles. The first-order valence-electron chi connectivity index (χ1n) is 11.7. The Balaban J connectivity index is 0.00000108. The molecular formula is C31H28Cl2Zr. The second kappa shape index (κ2) is 11.4. The smallest absolute Gasteiger partial charge is 1.00 e. The molecule has 3 aliphatic carbocycles. The van der Waals surface area contributed by atoms with Crippen molar-refractivity contribution in [2.45, 2.75) is 32.1 Å². The van der Waals surface area contributed by atoms with Crippen LogP contribution in [0.5, 0.6) is 0 Å². The van der Waals surface area contributed by atoms with Gasteiger partial charge in [0, 0.05) is 11.8 Å². The Hall–Kier alpha value is -1.66. The molecule has 0 saturated heterocycles. The molecule has 2 unspecified atom stereocenters. The van der Waals surface area contributed by atoms with E-state index in [4.69, 9.17) is 0 Å². The maximum absolute atomic E-state index is 2.43. The maximum Gasteiger partial charge on any atom is 2.00 e. The number of halogens is 2. The molecule has 170 valence electrons. The molecule has 6 rings (SSSR count). The summed E-state index contributed by atoms with van der Waals surface area (Å²) >= 11 is 0. The predicted octanol–water partition coefficient (Wildman–Crippen LogP) is 0.368. The van der Waals surface area contributed by atoms with Crippen LogP contribution >= 0.6 is 0 Å². The molecule has 0 aromatic heterocycles. The topological polar surface area (TPSA) is 0 Å². The molecule has 0 nitrogen and oxygen atoms in total. The number of unbranched alkanes of at least 4 members (excludes halogenated alkanes) is 1. The minimum absolute atomic E-state index is 0. The van der Waals surface area contributed by atoms with Crippen molar-refractivity contribution in [2.75, 3.05) is 0 Å². The zero-order valence-electron chi connectivity index (χ0n) is 19.3. The second-order valence-corrected chi connectivity index (χ2v) is 9.08. The van der Waals surface area contributed by atoms with Crippen molar-refractivity contribution in [3.63, 3.8) is 0 Å². The third-order valence-electron chi connectivity index (χ3n) is 7.46. The Labute approximate surface area is 234 Å². The summed E-state index contributed by atoms with van der Waals surface area (Å²) in [6.45, 7) is 2.32. The molecule has 34 heavy (non-hydrogen) atoms. The van der Waals surface area contributed by atoms with Crippen LogP contribution in [0.15, 0.2) is 97.1 Å². The fraction of sp³-hybridized carbons (Fsp3) is 0.226. The minimum Gasteiger partial charge on any atom is -1.00 e. The van der Waals surface area contributed by atoms with E-state index in [0.717, 1.165) is 0 Å². The molecule has 0 amide bonds. The minimum atomic E-state index is 0. The van der Waals surface area contributed by atoms with E-state index >= 15 is 0 Å². The first-order chi connectivity index (χ1) is 15.4. The molecule has 0 saturated carbocycles. The molecule has 0 spiro atoms. The molecule has 3 aliphatic rings. The molecule has 0 bridgehead atoms. The summed E-state index contributed by atoms with van der Waals surface area (Å²) < 4.78 is 0. The molecule has 0 fully saturated rings. The molecule has 0 radical (unpaired) electrons. The van der Waals surface area contributed by atoms with Crippen LogP contribution in [-0.4, -0.2) is 0 Å². The van der Waals surface area contributed by atoms with Gasteiger partial charge in [0.15, 0.2) is 0 Å². The van der Waals surface area contributed by atoms with Gasteiger partial charge >= 0.3 is 26.2 Å². The van der Waals surface area contributed by atoms with E-state index in [0.29, 0.717) is 17.8 Å². The number of fused-ring (bicyclic) bond motifs is 5. The average molecular weight is 563 g/mol. The van der Waals surface area contributed by atoms with Crippen LogP contribution in [-0.2, 0) is 26.2 Å². The summed E-state index contributed by atoms with van der Waals surface area (Å²) in [6, 6.07) is 27.3. The Kier molecular flexibility index (Phi) is 9.02. The largest absolute Gasteiger partial charge is 2.00 e. The quantitative estimate of drug-likeness (QED) is 0.422. The number of benzene rings is 3. The zero-order valence-corrected chi connectivity index (χ0v) is 23.3. The average Bonchev–Trinajstić information content (AvgIpc) is 3.34. The van der Waals surface area contributed by atoms with Crippen molar-refractivity contribution in [3.8, 4) is 11.1 Å². The maximum atomic E-state index is 2.43. The van der Waals surface area contributed by atoms with Gasteiger partial charge in [-0.15, -0.1) is 0 Å². The van der Waals surface area contributed by atoms with Crippen molar-refractivity contribution >= 4 is 11.1 Å². The van der Waals surface area contributed by atoms with E-state index < -0.39 is 0 Å². The van der Waals surface area contributed by atoms with Crippen LogP contribution in [0.2, 0.25) is 0 Å². The van der Waals surface area contributed by atoms with Crippen LogP contribution < -0.4 is 35.3 Å². The van der Waals surface area contributed by atoms with E-state index in [1.807, 2.05) is 0 Å². The van der Waals surface area contributed by atoms with Gasteiger partial charge in [-0.05, 0) is 56.2 Å².